The summed E-state index contributed by atoms with van der Waals surface area (Å²) in [5.74, 6) is 1.72. The van der Waals surface area contributed by atoms with Gasteiger partial charge in [-0.05, 0) is 59.7 Å². The number of carbonyl (C=O) groups excluding carboxylic acids is 1. The van der Waals surface area contributed by atoms with Crippen LogP contribution < -0.4 is 19.5 Å². The number of thioether (sulfide) groups is 1. The molecule has 4 aromatic rings. The quantitative estimate of drug-likeness (QED) is 0.159. The van der Waals surface area contributed by atoms with Gasteiger partial charge in [0.15, 0.2) is 11.5 Å². The van der Waals surface area contributed by atoms with Gasteiger partial charge in [-0.25, -0.2) is 4.39 Å². The van der Waals surface area contributed by atoms with Gasteiger partial charge in [-0.2, -0.15) is 0 Å². The lowest BCUT2D eigenvalue weighted by atomic mass is 10.1. The van der Waals surface area contributed by atoms with Crippen molar-refractivity contribution in [3.05, 3.63) is 78.1 Å². The zero-order valence-electron chi connectivity index (χ0n) is 20.3. The second kappa shape index (κ2) is 11.7. The third-order valence-electron chi connectivity index (χ3n) is 5.55. The molecule has 4 rings (SSSR count). The van der Waals surface area contributed by atoms with Crippen LogP contribution in [0.2, 0.25) is 0 Å². The van der Waals surface area contributed by atoms with E-state index >= 15 is 0 Å². The molecule has 1 heterocycles. The summed E-state index contributed by atoms with van der Waals surface area (Å²) < 4.78 is 29.5. The Morgan fingerprint density at radius 3 is 2.36 bits per heavy atom. The molecule has 0 saturated carbocycles. The third-order valence-corrected chi connectivity index (χ3v) is 6.67. The van der Waals surface area contributed by atoms with E-state index in [0.29, 0.717) is 29.5 Å². The van der Waals surface area contributed by atoms with Crippen LogP contribution >= 0.6 is 11.8 Å². The highest BCUT2D eigenvalue weighted by atomic mass is 32.2. The number of fused-ring (bicyclic) bond motifs is 1. The minimum Gasteiger partial charge on any atom is -0.493 e. The van der Waals surface area contributed by atoms with Crippen molar-refractivity contribution in [2.75, 3.05) is 33.6 Å². The largest absolute Gasteiger partial charge is 0.493 e. The fourth-order valence-corrected chi connectivity index (χ4v) is 4.90. The lowest BCUT2D eigenvalue weighted by molar-refractivity contribution is -0.116. The van der Waals surface area contributed by atoms with Gasteiger partial charge in [0.1, 0.15) is 5.82 Å². The molecule has 1 amide bonds. The molecule has 3 aromatic carbocycles. The summed E-state index contributed by atoms with van der Waals surface area (Å²) in [7, 11) is 4.63. The average molecular weight is 507 g/mol. The van der Waals surface area contributed by atoms with Crippen LogP contribution in [0.4, 0.5) is 4.39 Å². The number of carbonyl (C=O) groups is 1. The van der Waals surface area contributed by atoms with Gasteiger partial charge in [0.25, 0.3) is 0 Å². The standard InChI is InChI=1S/C28H27FN2O4S/c1-33-23-16-18(17-24(34-2)27(23)35-3)8-13-25(32)30-14-15-36-28-21-6-4-5-7-22(21)31-26(28)19-9-11-20(29)12-10-19/h4-13,16-17,31H,14-15H2,1-3H3,(H,30,32)/b13-8+. The molecule has 0 spiro atoms. The third kappa shape index (κ3) is 5.66. The van der Waals surface area contributed by atoms with E-state index in [2.05, 4.69) is 16.4 Å². The molecule has 0 aliphatic rings. The van der Waals surface area contributed by atoms with Crippen molar-refractivity contribution in [1.29, 1.82) is 0 Å². The van der Waals surface area contributed by atoms with Gasteiger partial charge in [0.05, 0.1) is 27.0 Å². The number of hydrogen-bond acceptors (Lipinski definition) is 5. The Morgan fingerprint density at radius 2 is 1.69 bits per heavy atom. The van der Waals surface area contributed by atoms with E-state index in [1.165, 1.54) is 18.2 Å². The van der Waals surface area contributed by atoms with Gasteiger partial charge in [0, 0.05) is 34.2 Å². The second-order valence-corrected chi connectivity index (χ2v) is 8.92. The fraction of sp³-hybridized carbons (Fsp3) is 0.179. The average Bonchev–Trinajstić information content (AvgIpc) is 3.28. The van der Waals surface area contributed by atoms with Crippen molar-refractivity contribution in [1.82, 2.24) is 10.3 Å². The molecule has 186 valence electrons. The SMILES string of the molecule is COc1cc(/C=C/C(=O)NCCSc2c(-c3ccc(F)cc3)[nH]c3ccccc23)cc(OC)c1OC. The van der Waals surface area contributed by atoms with E-state index in [1.54, 1.807) is 63.4 Å². The highest BCUT2D eigenvalue weighted by molar-refractivity contribution is 7.99. The molecule has 0 aliphatic heterocycles. The Hall–Kier alpha value is -3.91. The Labute approximate surface area is 213 Å². The van der Waals surface area contributed by atoms with E-state index in [-0.39, 0.29) is 11.7 Å². The van der Waals surface area contributed by atoms with Gasteiger partial charge >= 0.3 is 0 Å². The van der Waals surface area contributed by atoms with Gasteiger partial charge in [-0.1, -0.05) is 18.2 Å². The van der Waals surface area contributed by atoms with Crippen molar-refractivity contribution in [2.24, 2.45) is 0 Å². The molecule has 1 aromatic heterocycles. The molecular weight excluding hydrogens is 479 g/mol. The predicted molar refractivity (Wildman–Crippen MR) is 143 cm³/mol. The van der Waals surface area contributed by atoms with Crippen molar-refractivity contribution >= 4 is 34.6 Å². The van der Waals surface area contributed by atoms with Crippen LogP contribution in [0.1, 0.15) is 5.56 Å². The van der Waals surface area contributed by atoms with Gasteiger partial charge in [-0.3, -0.25) is 4.79 Å². The molecule has 36 heavy (non-hydrogen) atoms. The van der Waals surface area contributed by atoms with Crippen molar-refractivity contribution in [3.8, 4) is 28.5 Å². The number of aromatic nitrogens is 1. The number of halogens is 1. The first kappa shape index (κ1) is 25.2. The lowest BCUT2D eigenvalue weighted by Gasteiger charge is -2.12. The fourth-order valence-electron chi connectivity index (χ4n) is 3.84. The van der Waals surface area contributed by atoms with Crippen LogP contribution in [0, 0.1) is 5.82 Å². The van der Waals surface area contributed by atoms with Crippen LogP contribution in [0.5, 0.6) is 17.2 Å². The number of H-pyrrole nitrogens is 1. The zero-order valence-corrected chi connectivity index (χ0v) is 21.1. The zero-order chi connectivity index (χ0) is 25.5. The Kier molecular flexibility index (Phi) is 8.17. The maximum absolute atomic E-state index is 13.4. The number of aromatic amines is 1. The lowest BCUT2D eigenvalue weighted by Crippen LogP contribution is -2.23. The summed E-state index contributed by atoms with van der Waals surface area (Å²) in [6.07, 6.45) is 3.17. The maximum Gasteiger partial charge on any atom is 0.244 e. The topological polar surface area (TPSA) is 72.6 Å². The minimum absolute atomic E-state index is 0.206. The summed E-state index contributed by atoms with van der Waals surface area (Å²) in [5.41, 5.74) is 3.61. The normalized spacial score (nSPS) is 11.1. The monoisotopic (exact) mass is 506 g/mol. The molecule has 2 N–H and O–H groups in total. The van der Waals surface area contributed by atoms with Crippen molar-refractivity contribution < 1.29 is 23.4 Å². The second-order valence-electron chi connectivity index (χ2n) is 7.81. The van der Waals surface area contributed by atoms with Crippen LogP contribution in [0.15, 0.2) is 71.6 Å². The highest BCUT2D eigenvalue weighted by Gasteiger charge is 2.14. The smallest absolute Gasteiger partial charge is 0.244 e. The molecular formula is C28H27FN2O4S. The molecule has 0 saturated heterocycles. The van der Waals surface area contributed by atoms with Crippen LogP contribution in [0.3, 0.4) is 0 Å². The number of amides is 1. The number of para-hydroxylation sites is 1. The summed E-state index contributed by atoms with van der Waals surface area (Å²) in [4.78, 5) is 16.9. The molecule has 8 heteroatoms. The van der Waals surface area contributed by atoms with E-state index in [9.17, 15) is 9.18 Å². The Balaban J connectivity index is 1.40. The molecule has 0 radical (unpaired) electrons. The predicted octanol–water partition coefficient (Wildman–Crippen LogP) is 5.92. The van der Waals surface area contributed by atoms with Gasteiger partial charge in [0.2, 0.25) is 11.7 Å². The number of methoxy groups -OCH3 is 3. The van der Waals surface area contributed by atoms with E-state index < -0.39 is 0 Å². The van der Waals surface area contributed by atoms with Gasteiger partial charge in [-0.15, -0.1) is 11.8 Å². The highest BCUT2D eigenvalue weighted by Crippen LogP contribution is 2.39. The summed E-state index contributed by atoms with van der Waals surface area (Å²) in [6, 6.07) is 18.0. The van der Waals surface area contributed by atoms with Crippen LogP contribution in [-0.4, -0.2) is 44.5 Å². The number of rotatable bonds is 10. The first-order valence-electron chi connectivity index (χ1n) is 11.3. The van der Waals surface area contributed by atoms with E-state index in [1.807, 2.05) is 18.2 Å². The first-order valence-corrected chi connectivity index (χ1v) is 12.3. The number of nitrogens with one attached hydrogen (secondary N) is 2. The minimum atomic E-state index is -0.272. The van der Waals surface area contributed by atoms with Crippen molar-refractivity contribution in [3.63, 3.8) is 0 Å². The van der Waals surface area contributed by atoms with Gasteiger partial charge < -0.3 is 24.5 Å². The number of ether oxygens (including phenoxy) is 3. The number of benzene rings is 3. The number of hydrogen-bond donors (Lipinski definition) is 2. The van der Waals surface area contributed by atoms with E-state index in [4.69, 9.17) is 14.2 Å². The maximum atomic E-state index is 13.4. The summed E-state index contributed by atoms with van der Waals surface area (Å²) >= 11 is 1.64. The van der Waals surface area contributed by atoms with Crippen LogP contribution in [0.25, 0.3) is 28.2 Å². The molecule has 6 nitrogen and oxygen atoms in total. The molecule has 0 aliphatic carbocycles. The van der Waals surface area contributed by atoms with Crippen LogP contribution in [-0.2, 0) is 4.79 Å². The Morgan fingerprint density at radius 1 is 1.00 bits per heavy atom. The Bertz CT molecular complexity index is 1360. The molecule has 0 bridgehead atoms. The molecule has 0 fully saturated rings. The van der Waals surface area contributed by atoms with Crippen molar-refractivity contribution in [2.45, 2.75) is 4.90 Å². The summed E-state index contributed by atoms with van der Waals surface area (Å²) in [6.45, 7) is 0.478. The molecule has 0 unspecified atom stereocenters. The summed E-state index contributed by atoms with van der Waals surface area (Å²) in [5, 5.41) is 4.01. The molecule has 0 atom stereocenters. The van der Waals surface area contributed by atoms with E-state index in [0.717, 1.165) is 32.6 Å². The first-order chi connectivity index (χ1) is 17.5.